The van der Waals surface area contributed by atoms with Crippen LogP contribution < -0.4 is 0 Å². The van der Waals surface area contributed by atoms with Crippen LogP contribution in [0.5, 0.6) is 0 Å². The molecule has 1 unspecified atom stereocenters. The summed E-state index contributed by atoms with van der Waals surface area (Å²) in [4.78, 5) is 14.1. The van der Waals surface area contributed by atoms with Crippen LogP contribution >= 0.6 is 15.9 Å². The summed E-state index contributed by atoms with van der Waals surface area (Å²) < 4.78 is 6.63. The molecule has 1 saturated carbocycles. The number of fused-ring (bicyclic) bond motifs is 1. The van der Waals surface area contributed by atoms with Gasteiger partial charge >= 0.3 is 6.09 Å². The van der Waals surface area contributed by atoms with E-state index in [1.54, 1.807) is 0 Å². The number of hydrogen-bond donors (Lipinski definition) is 0. The summed E-state index contributed by atoms with van der Waals surface area (Å²) in [6.07, 6.45) is 0.958. The van der Waals surface area contributed by atoms with Gasteiger partial charge in [0.05, 0.1) is 0 Å². The monoisotopic (exact) mass is 365 g/mol. The van der Waals surface area contributed by atoms with Gasteiger partial charge < -0.3 is 9.64 Å². The molecule has 1 amide bonds. The number of hydrogen-bond acceptors (Lipinski definition) is 2. The van der Waals surface area contributed by atoms with Gasteiger partial charge in [-0.1, -0.05) is 35.0 Å². The molecule has 1 aromatic rings. The average Bonchev–Trinajstić information content (AvgIpc) is 2.80. The molecule has 0 N–H and O–H groups in total. The third-order valence-corrected chi connectivity index (χ3v) is 5.63. The molecule has 2 aliphatic rings. The minimum atomic E-state index is -0.421. The number of halogens is 1. The van der Waals surface area contributed by atoms with E-state index in [1.165, 1.54) is 5.56 Å². The zero-order valence-electron chi connectivity index (χ0n) is 13.7. The van der Waals surface area contributed by atoms with Crippen molar-refractivity contribution in [2.75, 3.05) is 13.1 Å². The standard InChI is InChI=1S/C18H24BrNO2/c1-5-18(12-7-6-8-13(19)9-12)14-10-20(11-15(14)18)16(21)22-17(2,3)4/h6-9,14-15H,5,10-11H2,1-4H3/t14-,15+,18?. The van der Waals surface area contributed by atoms with Crippen LogP contribution in [0.15, 0.2) is 28.7 Å². The quantitative estimate of drug-likeness (QED) is 0.766. The molecule has 0 bridgehead atoms. The van der Waals surface area contributed by atoms with Gasteiger partial charge in [-0.15, -0.1) is 0 Å². The van der Waals surface area contributed by atoms with Crippen LogP contribution in [-0.2, 0) is 10.2 Å². The van der Waals surface area contributed by atoms with Crippen molar-refractivity contribution in [2.24, 2.45) is 11.8 Å². The molecule has 2 fully saturated rings. The van der Waals surface area contributed by atoms with E-state index in [4.69, 9.17) is 4.74 Å². The summed E-state index contributed by atoms with van der Waals surface area (Å²) in [5.74, 6) is 1.14. The second-order valence-electron chi connectivity index (χ2n) is 7.50. The van der Waals surface area contributed by atoms with Gasteiger partial charge in [-0.25, -0.2) is 4.79 Å². The van der Waals surface area contributed by atoms with Gasteiger partial charge in [0.25, 0.3) is 0 Å². The number of carbonyl (C=O) groups excluding carboxylic acids is 1. The van der Waals surface area contributed by atoms with E-state index in [0.29, 0.717) is 11.8 Å². The molecule has 1 aromatic carbocycles. The predicted molar refractivity (Wildman–Crippen MR) is 90.9 cm³/mol. The fraction of sp³-hybridized carbons (Fsp3) is 0.611. The number of benzene rings is 1. The molecule has 0 spiro atoms. The van der Waals surface area contributed by atoms with E-state index < -0.39 is 5.60 Å². The number of likely N-dealkylation sites (tertiary alicyclic amines) is 1. The summed E-state index contributed by atoms with van der Waals surface area (Å²) in [5, 5.41) is 0. The molecule has 1 aliphatic heterocycles. The molecule has 1 saturated heterocycles. The SMILES string of the molecule is CCC1(c2cccc(Br)c2)[C@@H]2CN(C(=O)OC(C)(C)C)C[C@@H]21. The van der Waals surface area contributed by atoms with Crippen molar-refractivity contribution in [1.29, 1.82) is 0 Å². The van der Waals surface area contributed by atoms with Crippen LogP contribution in [0.2, 0.25) is 0 Å². The van der Waals surface area contributed by atoms with Gasteiger partial charge in [0.1, 0.15) is 5.60 Å². The minimum Gasteiger partial charge on any atom is -0.444 e. The minimum absolute atomic E-state index is 0.168. The molecule has 3 atom stereocenters. The summed E-state index contributed by atoms with van der Waals surface area (Å²) in [6, 6.07) is 8.64. The maximum atomic E-state index is 12.2. The normalized spacial score (nSPS) is 30.1. The highest BCUT2D eigenvalue weighted by atomic mass is 79.9. The first-order valence-electron chi connectivity index (χ1n) is 8.02. The molecule has 3 rings (SSSR count). The number of nitrogens with zero attached hydrogens (tertiary/aromatic N) is 1. The van der Waals surface area contributed by atoms with E-state index in [2.05, 4.69) is 47.1 Å². The first kappa shape index (κ1) is 15.9. The molecule has 22 heavy (non-hydrogen) atoms. The largest absolute Gasteiger partial charge is 0.444 e. The molecule has 1 aliphatic carbocycles. The lowest BCUT2D eigenvalue weighted by molar-refractivity contribution is 0.0260. The number of ether oxygens (including phenoxy) is 1. The zero-order chi connectivity index (χ0) is 16.1. The highest BCUT2D eigenvalue weighted by molar-refractivity contribution is 9.10. The lowest BCUT2D eigenvalue weighted by Crippen LogP contribution is -2.39. The topological polar surface area (TPSA) is 29.5 Å². The van der Waals surface area contributed by atoms with Crippen LogP contribution in [0.25, 0.3) is 0 Å². The predicted octanol–water partition coefficient (Wildman–Crippen LogP) is 4.59. The average molecular weight is 366 g/mol. The maximum Gasteiger partial charge on any atom is 0.410 e. The Labute approximate surface area is 141 Å². The molecule has 1 heterocycles. The fourth-order valence-electron chi connectivity index (χ4n) is 4.14. The van der Waals surface area contributed by atoms with E-state index in [0.717, 1.165) is 24.0 Å². The van der Waals surface area contributed by atoms with Crippen LogP contribution in [0.4, 0.5) is 4.79 Å². The Hall–Kier alpha value is -1.03. The maximum absolute atomic E-state index is 12.2. The van der Waals surface area contributed by atoms with Gasteiger partial charge in [-0.05, 0) is 56.7 Å². The summed E-state index contributed by atoms with van der Waals surface area (Å²) in [5.41, 5.74) is 1.24. The number of amides is 1. The van der Waals surface area contributed by atoms with E-state index in [1.807, 2.05) is 25.7 Å². The summed E-state index contributed by atoms with van der Waals surface area (Å²) in [6.45, 7) is 9.65. The van der Waals surface area contributed by atoms with Crippen molar-refractivity contribution in [3.05, 3.63) is 34.3 Å². The Morgan fingerprint density at radius 2 is 2.00 bits per heavy atom. The molecule has 0 aromatic heterocycles. The van der Waals surface area contributed by atoms with Crippen LogP contribution in [0.1, 0.15) is 39.7 Å². The Morgan fingerprint density at radius 3 is 2.50 bits per heavy atom. The Bertz CT molecular complexity index is 581. The third kappa shape index (κ3) is 2.55. The lowest BCUT2D eigenvalue weighted by Gasteiger charge is -2.29. The van der Waals surface area contributed by atoms with Crippen molar-refractivity contribution < 1.29 is 9.53 Å². The second kappa shape index (κ2) is 5.26. The van der Waals surface area contributed by atoms with Gasteiger partial charge in [-0.2, -0.15) is 0 Å². The highest BCUT2D eigenvalue weighted by Crippen LogP contribution is 2.65. The first-order chi connectivity index (χ1) is 10.3. The molecule has 3 nitrogen and oxygen atoms in total. The molecule has 120 valence electrons. The van der Waals surface area contributed by atoms with Crippen molar-refractivity contribution in [3.63, 3.8) is 0 Å². The zero-order valence-corrected chi connectivity index (χ0v) is 15.3. The summed E-state index contributed by atoms with van der Waals surface area (Å²) in [7, 11) is 0. The van der Waals surface area contributed by atoms with Gasteiger partial charge in [-0.3, -0.25) is 0 Å². The summed E-state index contributed by atoms with van der Waals surface area (Å²) >= 11 is 3.57. The van der Waals surface area contributed by atoms with Crippen LogP contribution in [0, 0.1) is 11.8 Å². The van der Waals surface area contributed by atoms with E-state index >= 15 is 0 Å². The third-order valence-electron chi connectivity index (χ3n) is 5.13. The van der Waals surface area contributed by atoms with Gasteiger partial charge in [0.2, 0.25) is 0 Å². The van der Waals surface area contributed by atoms with Crippen molar-refractivity contribution >= 4 is 22.0 Å². The number of carbonyl (C=O) groups is 1. The fourth-order valence-corrected chi connectivity index (χ4v) is 4.54. The number of rotatable bonds is 2. The Kier molecular flexibility index (Phi) is 3.79. The second-order valence-corrected chi connectivity index (χ2v) is 8.42. The lowest BCUT2D eigenvalue weighted by atomic mass is 9.87. The van der Waals surface area contributed by atoms with E-state index in [9.17, 15) is 4.79 Å². The van der Waals surface area contributed by atoms with Crippen LogP contribution in [0.3, 0.4) is 0 Å². The Morgan fingerprint density at radius 1 is 1.36 bits per heavy atom. The van der Waals surface area contributed by atoms with Gasteiger partial charge in [0, 0.05) is 23.0 Å². The molecule has 4 heteroatoms. The van der Waals surface area contributed by atoms with E-state index in [-0.39, 0.29) is 11.5 Å². The van der Waals surface area contributed by atoms with Crippen LogP contribution in [-0.4, -0.2) is 29.7 Å². The van der Waals surface area contributed by atoms with Crippen molar-refractivity contribution in [2.45, 2.75) is 45.1 Å². The smallest absolute Gasteiger partial charge is 0.410 e. The number of piperidine rings is 1. The molecule has 0 radical (unpaired) electrons. The van der Waals surface area contributed by atoms with Crippen molar-refractivity contribution in [1.82, 2.24) is 4.90 Å². The highest BCUT2D eigenvalue weighted by Gasteiger charge is 2.68. The molecular formula is C18H24BrNO2. The van der Waals surface area contributed by atoms with Gasteiger partial charge in [0.15, 0.2) is 0 Å². The van der Waals surface area contributed by atoms with Crippen molar-refractivity contribution in [3.8, 4) is 0 Å². The molecular weight excluding hydrogens is 342 g/mol. The Balaban J connectivity index is 1.72. The first-order valence-corrected chi connectivity index (χ1v) is 8.81.